The third-order valence-electron chi connectivity index (χ3n) is 2.84. The third-order valence-corrected chi connectivity index (χ3v) is 2.84. The van der Waals surface area contributed by atoms with Gasteiger partial charge >= 0.3 is 0 Å². The van der Waals surface area contributed by atoms with Gasteiger partial charge in [0.05, 0.1) is 18.2 Å². The summed E-state index contributed by atoms with van der Waals surface area (Å²) in [5, 5.41) is 7.79. The number of nitrogens with zero attached hydrogens (tertiary/aromatic N) is 3. The molecule has 20 heavy (non-hydrogen) atoms. The minimum Gasteiger partial charge on any atom is -0.484 e. The van der Waals surface area contributed by atoms with Gasteiger partial charge in [-0.1, -0.05) is 6.92 Å². The van der Waals surface area contributed by atoms with Crippen molar-refractivity contribution in [2.75, 3.05) is 0 Å². The van der Waals surface area contributed by atoms with Gasteiger partial charge in [0.1, 0.15) is 5.75 Å². The molecule has 6 nitrogen and oxygen atoms in total. The van der Waals surface area contributed by atoms with E-state index in [1.807, 2.05) is 31.2 Å². The Morgan fingerprint density at radius 2 is 1.95 bits per heavy atom. The van der Waals surface area contributed by atoms with Crippen LogP contribution in [0.25, 0.3) is 11.3 Å². The first-order chi connectivity index (χ1) is 9.85. The van der Waals surface area contributed by atoms with Gasteiger partial charge in [-0.15, -0.1) is 10.2 Å². The number of hydrogen-bond acceptors (Lipinski definition) is 5. The number of rotatable bonds is 5. The maximum Gasteiger partial charge on any atom is 0.253 e. The summed E-state index contributed by atoms with van der Waals surface area (Å²) in [6.07, 6.45) is 4.16. The maximum absolute atomic E-state index is 5.60. The van der Waals surface area contributed by atoms with Crippen LogP contribution in [0.15, 0.2) is 41.2 Å². The van der Waals surface area contributed by atoms with E-state index < -0.39 is 0 Å². The first-order valence-electron chi connectivity index (χ1n) is 6.38. The maximum atomic E-state index is 5.60. The topological polar surface area (TPSA) is 76.8 Å². The van der Waals surface area contributed by atoms with Gasteiger partial charge in [0.15, 0.2) is 6.61 Å². The lowest BCUT2D eigenvalue weighted by atomic mass is 10.2. The van der Waals surface area contributed by atoms with Gasteiger partial charge in [-0.25, -0.2) is 4.98 Å². The normalized spacial score (nSPS) is 10.7. The Bertz CT molecular complexity index is 659. The molecule has 3 rings (SSSR count). The van der Waals surface area contributed by atoms with Crippen molar-refractivity contribution >= 4 is 0 Å². The number of nitrogens with one attached hydrogen (secondary N) is 1. The second kappa shape index (κ2) is 5.56. The summed E-state index contributed by atoms with van der Waals surface area (Å²) < 4.78 is 11.0. The van der Waals surface area contributed by atoms with E-state index in [0.29, 0.717) is 11.8 Å². The number of benzene rings is 1. The average Bonchev–Trinajstić information content (AvgIpc) is 3.17. The Kier molecular flexibility index (Phi) is 3.45. The third kappa shape index (κ3) is 2.69. The summed E-state index contributed by atoms with van der Waals surface area (Å²) in [5.41, 5.74) is 2.03. The molecule has 0 amide bonds. The first-order valence-corrected chi connectivity index (χ1v) is 6.38. The second-order valence-corrected chi connectivity index (χ2v) is 4.22. The van der Waals surface area contributed by atoms with E-state index in [4.69, 9.17) is 9.15 Å². The van der Waals surface area contributed by atoms with Crippen LogP contribution in [-0.4, -0.2) is 20.2 Å². The number of hydrogen-bond donors (Lipinski definition) is 1. The van der Waals surface area contributed by atoms with Gasteiger partial charge in [-0.05, 0) is 29.8 Å². The molecule has 0 radical (unpaired) electrons. The minimum atomic E-state index is 0.274. The zero-order valence-corrected chi connectivity index (χ0v) is 11.0. The van der Waals surface area contributed by atoms with Gasteiger partial charge in [-0.2, -0.15) is 0 Å². The molecule has 0 bridgehead atoms. The molecule has 0 spiro atoms. The van der Waals surface area contributed by atoms with Gasteiger partial charge in [0, 0.05) is 6.42 Å². The summed E-state index contributed by atoms with van der Waals surface area (Å²) in [7, 11) is 0. The van der Waals surface area contributed by atoms with Crippen molar-refractivity contribution in [3.8, 4) is 17.0 Å². The van der Waals surface area contributed by atoms with Crippen LogP contribution in [0.5, 0.6) is 5.75 Å². The lowest BCUT2D eigenvalue weighted by Crippen LogP contribution is -1.95. The average molecular weight is 270 g/mol. The fourth-order valence-electron chi connectivity index (χ4n) is 1.78. The fourth-order valence-corrected chi connectivity index (χ4v) is 1.78. The predicted molar refractivity (Wildman–Crippen MR) is 72.0 cm³/mol. The van der Waals surface area contributed by atoms with Gasteiger partial charge in [0.25, 0.3) is 5.89 Å². The van der Waals surface area contributed by atoms with E-state index in [2.05, 4.69) is 20.2 Å². The van der Waals surface area contributed by atoms with Crippen LogP contribution in [0.4, 0.5) is 0 Å². The standard InChI is InChI=1S/C14H14N4O2/c1-2-13-17-18-14(20-13)8-19-11-5-3-10(4-6-11)12-7-15-9-16-12/h3-7,9H,2,8H2,1H3,(H,15,16). The second-order valence-electron chi connectivity index (χ2n) is 4.22. The van der Waals surface area contributed by atoms with Crippen molar-refractivity contribution in [3.05, 3.63) is 48.6 Å². The molecule has 0 atom stereocenters. The van der Waals surface area contributed by atoms with Gasteiger partial charge in [-0.3, -0.25) is 0 Å². The molecule has 0 saturated heterocycles. The molecule has 0 aliphatic rings. The van der Waals surface area contributed by atoms with Crippen LogP contribution >= 0.6 is 0 Å². The monoisotopic (exact) mass is 270 g/mol. The largest absolute Gasteiger partial charge is 0.484 e. The Hall–Kier alpha value is -2.63. The molecule has 0 unspecified atom stereocenters. The van der Waals surface area contributed by atoms with Crippen LogP contribution in [0.1, 0.15) is 18.7 Å². The zero-order valence-electron chi connectivity index (χ0n) is 11.0. The highest BCUT2D eigenvalue weighted by Crippen LogP contribution is 2.20. The summed E-state index contributed by atoms with van der Waals surface area (Å²) in [4.78, 5) is 7.05. The van der Waals surface area contributed by atoms with Crippen LogP contribution in [0.2, 0.25) is 0 Å². The highest BCUT2D eigenvalue weighted by Gasteiger charge is 2.05. The van der Waals surface area contributed by atoms with Crippen molar-refractivity contribution in [2.24, 2.45) is 0 Å². The quantitative estimate of drug-likeness (QED) is 0.771. The Labute approximate surface area is 115 Å². The fraction of sp³-hybridized carbons (Fsp3) is 0.214. The molecule has 2 heterocycles. The lowest BCUT2D eigenvalue weighted by Gasteiger charge is -2.04. The highest BCUT2D eigenvalue weighted by atomic mass is 16.5. The summed E-state index contributed by atoms with van der Waals surface area (Å²) in [6.45, 7) is 2.24. The van der Waals surface area contributed by atoms with E-state index in [1.54, 1.807) is 12.5 Å². The molecule has 0 aliphatic heterocycles. The van der Waals surface area contributed by atoms with E-state index in [0.717, 1.165) is 23.4 Å². The number of ether oxygens (including phenoxy) is 1. The molecule has 1 N–H and O–H groups in total. The summed E-state index contributed by atoms with van der Waals surface area (Å²) >= 11 is 0. The number of aromatic nitrogens is 4. The van der Waals surface area contributed by atoms with Crippen LogP contribution < -0.4 is 4.74 Å². The number of imidazole rings is 1. The summed E-state index contributed by atoms with van der Waals surface area (Å²) in [6, 6.07) is 7.73. The smallest absolute Gasteiger partial charge is 0.253 e. The van der Waals surface area contributed by atoms with E-state index in [1.165, 1.54) is 0 Å². The molecule has 102 valence electrons. The van der Waals surface area contributed by atoms with E-state index in [9.17, 15) is 0 Å². The molecule has 0 saturated carbocycles. The van der Waals surface area contributed by atoms with E-state index in [-0.39, 0.29) is 6.61 Å². The summed E-state index contributed by atoms with van der Waals surface area (Å²) in [5.74, 6) is 1.86. The molecule has 6 heteroatoms. The highest BCUT2D eigenvalue weighted by molar-refractivity contribution is 5.58. The molecule has 3 aromatic rings. The number of aromatic amines is 1. The Balaban J connectivity index is 1.63. The van der Waals surface area contributed by atoms with Crippen LogP contribution in [0, 0.1) is 0 Å². The molecule has 2 aromatic heterocycles. The predicted octanol–water partition coefficient (Wildman–Crippen LogP) is 2.60. The molecular weight excluding hydrogens is 256 g/mol. The molecular formula is C14H14N4O2. The van der Waals surface area contributed by atoms with Crippen molar-refractivity contribution in [1.82, 2.24) is 20.2 Å². The first kappa shape index (κ1) is 12.4. The van der Waals surface area contributed by atoms with Crippen LogP contribution in [-0.2, 0) is 13.0 Å². The minimum absolute atomic E-state index is 0.274. The van der Waals surface area contributed by atoms with Gasteiger partial charge in [0.2, 0.25) is 5.89 Å². The van der Waals surface area contributed by atoms with Crippen LogP contribution in [0.3, 0.4) is 0 Å². The van der Waals surface area contributed by atoms with Gasteiger partial charge < -0.3 is 14.1 Å². The molecule has 1 aromatic carbocycles. The molecule has 0 aliphatic carbocycles. The Morgan fingerprint density at radius 3 is 2.60 bits per heavy atom. The number of H-pyrrole nitrogens is 1. The van der Waals surface area contributed by atoms with Crippen molar-refractivity contribution in [3.63, 3.8) is 0 Å². The lowest BCUT2D eigenvalue weighted by molar-refractivity contribution is 0.259. The molecule has 0 fully saturated rings. The van der Waals surface area contributed by atoms with Crippen molar-refractivity contribution < 1.29 is 9.15 Å². The Morgan fingerprint density at radius 1 is 1.15 bits per heavy atom. The number of aryl methyl sites for hydroxylation is 1. The van der Waals surface area contributed by atoms with Crippen molar-refractivity contribution in [1.29, 1.82) is 0 Å². The van der Waals surface area contributed by atoms with Crippen molar-refractivity contribution in [2.45, 2.75) is 20.0 Å². The van der Waals surface area contributed by atoms with E-state index >= 15 is 0 Å². The SMILES string of the molecule is CCc1nnc(COc2ccc(-c3cnc[nH]3)cc2)o1. The zero-order chi connectivity index (χ0) is 13.8.